The highest BCUT2D eigenvalue weighted by atomic mass is 19.1. The van der Waals surface area contributed by atoms with Crippen LogP contribution in [-0.4, -0.2) is 43.1 Å². The molecule has 0 fully saturated rings. The van der Waals surface area contributed by atoms with E-state index in [-0.39, 0.29) is 24.4 Å². The molecule has 25 heavy (non-hydrogen) atoms. The third kappa shape index (κ3) is 3.96. The lowest BCUT2D eigenvalue weighted by Gasteiger charge is -2.34. The first-order valence-electron chi connectivity index (χ1n) is 7.67. The van der Waals surface area contributed by atoms with Crippen LogP contribution in [0.3, 0.4) is 0 Å². The number of ether oxygens (including phenoxy) is 2. The average Bonchev–Trinajstić information content (AvgIpc) is 2.57. The van der Waals surface area contributed by atoms with E-state index in [1.165, 1.54) is 32.2 Å². The molecule has 1 N–H and O–H groups in total. The van der Waals surface area contributed by atoms with E-state index in [0.717, 1.165) is 4.90 Å². The van der Waals surface area contributed by atoms with E-state index in [9.17, 15) is 18.8 Å². The Balaban J connectivity index is 2.46. The Hall–Kier alpha value is -2.90. The fourth-order valence-corrected chi connectivity index (χ4v) is 2.62. The molecule has 2 rings (SSSR count). The minimum absolute atomic E-state index is 0.122. The number of hydrogen-bond acceptors (Lipinski definition) is 5. The van der Waals surface area contributed by atoms with Crippen molar-refractivity contribution in [3.8, 4) is 0 Å². The number of esters is 2. The standard InChI is InChI=1S/C17H19FN2O5/c1-4-25-13(21)9-20-10(2)14(16(22)24-3)15(19-17(20)23)11-6-5-7-12(18)8-11/h5-8,15H,4,9H2,1-3H3,(H,19,23)/t15-/m0/s1. The molecule has 1 aliphatic heterocycles. The molecule has 1 aromatic carbocycles. The summed E-state index contributed by atoms with van der Waals surface area (Å²) in [5.41, 5.74) is 0.763. The molecule has 0 aromatic heterocycles. The van der Waals surface area contributed by atoms with E-state index in [4.69, 9.17) is 9.47 Å². The summed E-state index contributed by atoms with van der Waals surface area (Å²) in [6, 6.07) is 4.08. The smallest absolute Gasteiger partial charge is 0.337 e. The Labute approximate surface area is 144 Å². The molecule has 2 amide bonds. The number of rotatable bonds is 5. The van der Waals surface area contributed by atoms with Crippen LogP contribution < -0.4 is 5.32 Å². The first-order valence-corrected chi connectivity index (χ1v) is 7.67. The molecule has 134 valence electrons. The number of halogens is 1. The molecule has 1 aromatic rings. The van der Waals surface area contributed by atoms with E-state index in [1.54, 1.807) is 13.0 Å². The van der Waals surface area contributed by atoms with Gasteiger partial charge in [-0.2, -0.15) is 0 Å². The van der Waals surface area contributed by atoms with Crippen LogP contribution in [0, 0.1) is 5.82 Å². The van der Waals surface area contributed by atoms with Crippen LogP contribution >= 0.6 is 0 Å². The molecule has 0 bridgehead atoms. The van der Waals surface area contributed by atoms with Gasteiger partial charge in [0.2, 0.25) is 0 Å². The largest absolute Gasteiger partial charge is 0.466 e. The van der Waals surface area contributed by atoms with Crippen molar-refractivity contribution in [1.29, 1.82) is 0 Å². The molecule has 8 heteroatoms. The molecule has 0 saturated carbocycles. The Morgan fingerprint density at radius 2 is 2.08 bits per heavy atom. The van der Waals surface area contributed by atoms with E-state index < -0.39 is 29.8 Å². The topological polar surface area (TPSA) is 84.9 Å². The summed E-state index contributed by atoms with van der Waals surface area (Å²) >= 11 is 0. The van der Waals surface area contributed by atoms with Crippen molar-refractivity contribution < 1.29 is 28.2 Å². The second-order valence-electron chi connectivity index (χ2n) is 5.32. The molecule has 0 spiro atoms. The van der Waals surface area contributed by atoms with Crippen LogP contribution in [0.25, 0.3) is 0 Å². The second kappa shape index (κ2) is 7.78. The number of urea groups is 1. The summed E-state index contributed by atoms with van der Waals surface area (Å²) in [4.78, 5) is 37.4. The Morgan fingerprint density at radius 1 is 1.36 bits per heavy atom. The van der Waals surface area contributed by atoms with Gasteiger partial charge in [0.15, 0.2) is 0 Å². The molecule has 0 saturated heterocycles. The number of hydrogen-bond donors (Lipinski definition) is 1. The first kappa shape index (κ1) is 18.4. The van der Waals surface area contributed by atoms with Crippen LogP contribution in [0.2, 0.25) is 0 Å². The van der Waals surface area contributed by atoms with Gasteiger partial charge in [-0.3, -0.25) is 9.69 Å². The quantitative estimate of drug-likeness (QED) is 0.820. The molecular weight excluding hydrogens is 331 g/mol. The lowest BCUT2D eigenvalue weighted by Crippen LogP contribution is -2.49. The summed E-state index contributed by atoms with van der Waals surface area (Å²) in [7, 11) is 1.21. The van der Waals surface area contributed by atoms with E-state index in [2.05, 4.69) is 5.32 Å². The summed E-state index contributed by atoms with van der Waals surface area (Å²) in [5.74, 6) is -1.78. The monoisotopic (exact) mass is 350 g/mol. The molecule has 7 nitrogen and oxygen atoms in total. The van der Waals surface area contributed by atoms with Crippen molar-refractivity contribution in [3.63, 3.8) is 0 Å². The number of methoxy groups -OCH3 is 1. The fourth-order valence-electron chi connectivity index (χ4n) is 2.62. The average molecular weight is 350 g/mol. The van der Waals surface area contributed by atoms with Gasteiger partial charge in [0.05, 0.1) is 25.3 Å². The Kier molecular flexibility index (Phi) is 5.74. The highest BCUT2D eigenvalue weighted by Crippen LogP contribution is 2.31. The van der Waals surface area contributed by atoms with Crippen molar-refractivity contribution in [2.24, 2.45) is 0 Å². The number of nitrogens with zero attached hydrogens (tertiary/aromatic N) is 1. The molecule has 1 heterocycles. The van der Waals surface area contributed by atoms with Crippen LogP contribution in [-0.2, 0) is 19.1 Å². The summed E-state index contributed by atoms with van der Waals surface area (Å²) in [6.45, 7) is 3.00. The minimum atomic E-state index is -0.880. The lowest BCUT2D eigenvalue weighted by atomic mass is 9.95. The molecule has 0 aliphatic carbocycles. The third-order valence-electron chi connectivity index (χ3n) is 3.78. The second-order valence-corrected chi connectivity index (χ2v) is 5.32. The van der Waals surface area contributed by atoms with Crippen LogP contribution in [0.15, 0.2) is 35.5 Å². The first-order chi connectivity index (χ1) is 11.9. The van der Waals surface area contributed by atoms with Gasteiger partial charge in [0.25, 0.3) is 0 Å². The molecule has 0 unspecified atom stereocenters. The van der Waals surface area contributed by atoms with E-state index in [1.807, 2.05) is 0 Å². The number of amides is 2. The zero-order valence-corrected chi connectivity index (χ0v) is 14.2. The van der Waals surface area contributed by atoms with Gasteiger partial charge in [-0.15, -0.1) is 0 Å². The van der Waals surface area contributed by atoms with Gasteiger partial charge < -0.3 is 14.8 Å². The normalized spacial score (nSPS) is 17.2. The Bertz CT molecular complexity index is 732. The van der Waals surface area contributed by atoms with Crippen molar-refractivity contribution in [1.82, 2.24) is 10.2 Å². The number of carbonyl (C=O) groups is 3. The molecular formula is C17H19FN2O5. The number of carbonyl (C=O) groups excluding carboxylic acids is 3. The molecule has 0 radical (unpaired) electrons. The Morgan fingerprint density at radius 3 is 2.68 bits per heavy atom. The highest BCUT2D eigenvalue weighted by Gasteiger charge is 2.37. The van der Waals surface area contributed by atoms with Crippen LogP contribution in [0.1, 0.15) is 25.5 Å². The van der Waals surface area contributed by atoms with Crippen molar-refractivity contribution in [3.05, 3.63) is 46.9 Å². The van der Waals surface area contributed by atoms with Gasteiger partial charge in [0.1, 0.15) is 12.4 Å². The maximum atomic E-state index is 13.5. The predicted octanol–water partition coefficient (Wildman–Crippen LogP) is 1.90. The van der Waals surface area contributed by atoms with Crippen LogP contribution in [0.4, 0.5) is 9.18 Å². The van der Waals surface area contributed by atoms with Gasteiger partial charge in [-0.25, -0.2) is 14.0 Å². The lowest BCUT2D eigenvalue weighted by molar-refractivity contribution is -0.143. The van der Waals surface area contributed by atoms with Gasteiger partial charge in [-0.05, 0) is 31.5 Å². The van der Waals surface area contributed by atoms with Gasteiger partial charge in [-0.1, -0.05) is 12.1 Å². The summed E-state index contributed by atoms with van der Waals surface area (Å²) < 4.78 is 23.2. The maximum absolute atomic E-state index is 13.5. The molecule has 1 aliphatic rings. The van der Waals surface area contributed by atoms with Crippen molar-refractivity contribution in [2.75, 3.05) is 20.3 Å². The van der Waals surface area contributed by atoms with E-state index >= 15 is 0 Å². The number of benzene rings is 1. The summed E-state index contributed by atoms with van der Waals surface area (Å²) in [6.07, 6.45) is 0. The maximum Gasteiger partial charge on any atom is 0.337 e. The number of nitrogens with one attached hydrogen (secondary N) is 1. The SMILES string of the molecule is CCOC(=O)CN1C(=O)N[C@@H](c2cccc(F)c2)C(C(=O)OC)=C1C. The third-order valence-corrected chi connectivity index (χ3v) is 3.78. The molecule has 1 atom stereocenters. The fraction of sp³-hybridized carbons (Fsp3) is 0.353. The predicted molar refractivity (Wildman–Crippen MR) is 85.7 cm³/mol. The van der Waals surface area contributed by atoms with Crippen molar-refractivity contribution in [2.45, 2.75) is 19.9 Å². The van der Waals surface area contributed by atoms with E-state index in [0.29, 0.717) is 5.56 Å². The van der Waals surface area contributed by atoms with Gasteiger partial charge >= 0.3 is 18.0 Å². The zero-order chi connectivity index (χ0) is 18.6. The van der Waals surface area contributed by atoms with Crippen molar-refractivity contribution >= 4 is 18.0 Å². The minimum Gasteiger partial charge on any atom is -0.466 e. The number of allylic oxidation sites excluding steroid dienone is 1. The van der Waals surface area contributed by atoms with Gasteiger partial charge in [0, 0.05) is 5.70 Å². The zero-order valence-electron chi connectivity index (χ0n) is 14.2. The van der Waals surface area contributed by atoms with Crippen LogP contribution in [0.5, 0.6) is 0 Å². The summed E-state index contributed by atoms with van der Waals surface area (Å²) in [5, 5.41) is 2.61. The highest BCUT2D eigenvalue weighted by molar-refractivity contribution is 5.95.